The minimum absolute atomic E-state index is 0.0973. The molecule has 0 fully saturated rings. The van der Waals surface area contributed by atoms with E-state index in [1.54, 1.807) is 0 Å². The predicted molar refractivity (Wildman–Crippen MR) is 84.2 cm³/mol. The summed E-state index contributed by atoms with van der Waals surface area (Å²) in [5.41, 5.74) is 3.32. The summed E-state index contributed by atoms with van der Waals surface area (Å²) in [7, 11) is 0. The van der Waals surface area contributed by atoms with Crippen LogP contribution in [0.2, 0.25) is 0 Å². The van der Waals surface area contributed by atoms with Crippen LogP contribution in [-0.4, -0.2) is 51.0 Å². The van der Waals surface area contributed by atoms with Crippen LogP contribution < -0.4 is 0 Å². The molecule has 0 aliphatic heterocycles. The molecule has 0 amide bonds. The van der Waals surface area contributed by atoms with E-state index < -0.39 is 0 Å². The van der Waals surface area contributed by atoms with Crippen LogP contribution in [0.15, 0.2) is 18.2 Å². The lowest BCUT2D eigenvalue weighted by Crippen LogP contribution is -2.28. The number of rotatable bonds is 8. The largest absolute Gasteiger partial charge is 0.395 e. The Morgan fingerprint density at radius 2 is 2.00 bits per heavy atom. The van der Waals surface area contributed by atoms with Crippen molar-refractivity contribution in [2.75, 3.05) is 26.3 Å². The van der Waals surface area contributed by atoms with Crippen LogP contribution in [0.25, 0.3) is 11.0 Å². The minimum Gasteiger partial charge on any atom is -0.395 e. The standard InChI is InChI=1S/C16H25N3O2/c1-3-13-5-6-15-14(11-13)17-16(19(15)8-10-21)12-18(4-2)7-9-20/h5-6,11,20-21H,3-4,7-10,12H2,1-2H3. The molecule has 0 atom stereocenters. The van der Waals surface area contributed by atoms with Crippen LogP contribution in [-0.2, 0) is 19.5 Å². The fourth-order valence-electron chi connectivity index (χ4n) is 2.61. The fraction of sp³-hybridized carbons (Fsp3) is 0.562. The van der Waals surface area contributed by atoms with Gasteiger partial charge < -0.3 is 14.8 Å². The van der Waals surface area contributed by atoms with Gasteiger partial charge in [-0.1, -0.05) is 19.9 Å². The molecule has 2 aromatic rings. The van der Waals surface area contributed by atoms with Crippen LogP contribution in [0.3, 0.4) is 0 Å². The summed E-state index contributed by atoms with van der Waals surface area (Å²) < 4.78 is 2.08. The second-order valence-corrected chi connectivity index (χ2v) is 5.17. The molecule has 5 nitrogen and oxygen atoms in total. The van der Waals surface area contributed by atoms with Gasteiger partial charge in [0.05, 0.1) is 30.8 Å². The number of aryl methyl sites for hydroxylation is 1. The number of fused-ring (bicyclic) bond motifs is 1. The number of aliphatic hydroxyl groups excluding tert-OH is 2. The normalized spacial score (nSPS) is 11.7. The highest BCUT2D eigenvalue weighted by molar-refractivity contribution is 5.77. The third-order valence-corrected chi connectivity index (χ3v) is 3.85. The summed E-state index contributed by atoms with van der Waals surface area (Å²) in [5.74, 6) is 0.947. The van der Waals surface area contributed by atoms with Crippen LogP contribution in [0.4, 0.5) is 0 Å². The zero-order valence-corrected chi connectivity index (χ0v) is 12.9. The first-order chi connectivity index (χ1) is 10.2. The maximum Gasteiger partial charge on any atom is 0.124 e. The second-order valence-electron chi connectivity index (χ2n) is 5.17. The highest BCUT2D eigenvalue weighted by atomic mass is 16.3. The zero-order chi connectivity index (χ0) is 15.2. The van der Waals surface area contributed by atoms with E-state index in [1.165, 1.54) is 5.56 Å². The quantitative estimate of drug-likeness (QED) is 0.772. The van der Waals surface area contributed by atoms with Crippen molar-refractivity contribution < 1.29 is 10.2 Å². The topological polar surface area (TPSA) is 61.5 Å². The number of benzene rings is 1. The van der Waals surface area contributed by atoms with Gasteiger partial charge in [0.2, 0.25) is 0 Å². The van der Waals surface area contributed by atoms with Gasteiger partial charge in [-0.15, -0.1) is 0 Å². The smallest absolute Gasteiger partial charge is 0.124 e. The molecule has 1 aromatic heterocycles. The van der Waals surface area contributed by atoms with Gasteiger partial charge in [0.1, 0.15) is 5.82 Å². The highest BCUT2D eigenvalue weighted by Gasteiger charge is 2.13. The molecule has 0 aliphatic rings. The van der Waals surface area contributed by atoms with E-state index in [1.807, 2.05) is 0 Å². The van der Waals surface area contributed by atoms with Crippen molar-refractivity contribution in [2.45, 2.75) is 33.4 Å². The molecular weight excluding hydrogens is 266 g/mol. The third-order valence-electron chi connectivity index (χ3n) is 3.85. The van der Waals surface area contributed by atoms with E-state index in [0.29, 0.717) is 19.6 Å². The van der Waals surface area contributed by atoms with Crippen LogP contribution >= 0.6 is 0 Å². The van der Waals surface area contributed by atoms with Crippen molar-refractivity contribution >= 4 is 11.0 Å². The van der Waals surface area contributed by atoms with Gasteiger partial charge in [0, 0.05) is 13.1 Å². The summed E-state index contributed by atoms with van der Waals surface area (Å²) in [6.45, 7) is 7.19. The van der Waals surface area contributed by atoms with Crippen LogP contribution in [0.1, 0.15) is 25.2 Å². The molecule has 116 valence electrons. The number of hydrogen-bond donors (Lipinski definition) is 2. The van der Waals surface area contributed by atoms with Crippen LogP contribution in [0.5, 0.6) is 0 Å². The number of aliphatic hydroxyl groups is 2. The molecule has 5 heteroatoms. The van der Waals surface area contributed by atoms with E-state index in [-0.39, 0.29) is 13.2 Å². The molecule has 2 rings (SSSR count). The van der Waals surface area contributed by atoms with Crippen molar-refractivity contribution in [1.82, 2.24) is 14.5 Å². The summed E-state index contributed by atoms with van der Waals surface area (Å²) in [6, 6.07) is 6.32. The zero-order valence-electron chi connectivity index (χ0n) is 12.9. The van der Waals surface area contributed by atoms with E-state index >= 15 is 0 Å². The average Bonchev–Trinajstić information content (AvgIpc) is 2.84. The van der Waals surface area contributed by atoms with Gasteiger partial charge in [-0.25, -0.2) is 4.98 Å². The first kappa shape index (κ1) is 15.9. The summed E-state index contributed by atoms with van der Waals surface area (Å²) in [5, 5.41) is 18.4. The van der Waals surface area contributed by atoms with Crippen molar-refractivity contribution in [3.8, 4) is 0 Å². The fourth-order valence-corrected chi connectivity index (χ4v) is 2.61. The molecule has 1 aromatic carbocycles. The van der Waals surface area contributed by atoms with Crippen molar-refractivity contribution in [1.29, 1.82) is 0 Å². The SMILES string of the molecule is CCc1ccc2c(c1)nc(CN(CC)CCO)n2CCO. The molecular formula is C16H25N3O2. The Morgan fingerprint density at radius 3 is 2.62 bits per heavy atom. The van der Waals surface area contributed by atoms with E-state index in [0.717, 1.165) is 29.8 Å². The third kappa shape index (κ3) is 3.61. The Bertz CT molecular complexity index is 580. The lowest BCUT2D eigenvalue weighted by molar-refractivity contribution is 0.191. The Balaban J connectivity index is 2.38. The summed E-state index contributed by atoms with van der Waals surface area (Å²) in [6.07, 6.45) is 0.990. The number of nitrogens with zero attached hydrogens (tertiary/aromatic N) is 3. The monoisotopic (exact) mass is 291 g/mol. The first-order valence-corrected chi connectivity index (χ1v) is 7.65. The second kappa shape index (κ2) is 7.54. The van der Waals surface area contributed by atoms with Gasteiger partial charge in [0.15, 0.2) is 0 Å². The molecule has 0 spiro atoms. The molecule has 2 N–H and O–H groups in total. The molecule has 0 saturated heterocycles. The molecule has 0 saturated carbocycles. The Kier molecular flexibility index (Phi) is 5.73. The van der Waals surface area contributed by atoms with Gasteiger partial charge in [-0.2, -0.15) is 0 Å². The minimum atomic E-state index is 0.0973. The molecule has 0 bridgehead atoms. The van der Waals surface area contributed by atoms with E-state index in [9.17, 15) is 5.11 Å². The molecule has 1 heterocycles. The van der Waals surface area contributed by atoms with Gasteiger partial charge >= 0.3 is 0 Å². The highest BCUT2D eigenvalue weighted by Crippen LogP contribution is 2.19. The van der Waals surface area contributed by atoms with Gasteiger partial charge in [-0.05, 0) is 30.7 Å². The lowest BCUT2D eigenvalue weighted by Gasteiger charge is -2.19. The van der Waals surface area contributed by atoms with E-state index in [2.05, 4.69) is 41.5 Å². The van der Waals surface area contributed by atoms with Crippen molar-refractivity contribution in [2.24, 2.45) is 0 Å². The molecule has 0 aliphatic carbocycles. The molecule has 0 unspecified atom stereocenters. The summed E-state index contributed by atoms with van der Waals surface area (Å²) >= 11 is 0. The number of imidazole rings is 1. The Hall–Kier alpha value is -1.43. The summed E-state index contributed by atoms with van der Waals surface area (Å²) in [4.78, 5) is 6.89. The lowest BCUT2D eigenvalue weighted by atomic mass is 10.1. The Labute approximate surface area is 125 Å². The van der Waals surface area contributed by atoms with Crippen molar-refractivity contribution in [3.63, 3.8) is 0 Å². The van der Waals surface area contributed by atoms with Crippen LogP contribution in [0, 0.1) is 0 Å². The number of aromatic nitrogens is 2. The van der Waals surface area contributed by atoms with Crippen molar-refractivity contribution in [3.05, 3.63) is 29.6 Å². The first-order valence-electron chi connectivity index (χ1n) is 7.65. The van der Waals surface area contributed by atoms with E-state index in [4.69, 9.17) is 10.1 Å². The Morgan fingerprint density at radius 1 is 1.19 bits per heavy atom. The number of hydrogen-bond acceptors (Lipinski definition) is 4. The maximum absolute atomic E-state index is 9.32. The van der Waals surface area contributed by atoms with Gasteiger partial charge in [0.25, 0.3) is 0 Å². The molecule has 21 heavy (non-hydrogen) atoms. The molecule has 0 radical (unpaired) electrons. The average molecular weight is 291 g/mol. The number of likely N-dealkylation sites (N-methyl/N-ethyl adjacent to an activating group) is 1. The predicted octanol–water partition coefficient (Wildman–Crippen LogP) is 1.41. The van der Waals surface area contributed by atoms with Gasteiger partial charge in [-0.3, -0.25) is 4.90 Å². The maximum atomic E-state index is 9.32.